The number of hydrogen-bond donors (Lipinski definition) is 1. The summed E-state index contributed by atoms with van der Waals surface area (Å²) in [7, 11) is 1.52. The van der Waals surface area contributed by atoms with E-state index in [0.717, 1.165) is 0 Å². The van der Waals surface area contributed by atoms with Gasteiger partial charge in [-0.1, -0.05) is 5.92 Å². The van der Waals surface area contributed by atoms with Gasteiger partial charge in [-0.05, 0) is 6.92 Å². The van der Waals surface area contributed by atoms with Gasteiger partial charge in [-0.25, -0.2) is 9.59 Å². The van der Waals surface area contributed by atoms with E-state index in [9.17, 15) is 27.6 Å². The minimum absolute atomic E-state index is 0.0449. The van der Waals surface area contributed by atoms with E-state index < -0.39 is 47.5 Å². The average molecular weight is 419 g/mol. The van der Waals surface area contributed by atoms with Gasteiger partial charge in [0, 0.05) is 26.2 Å². The molecule has 1 N–H and O–H groups in total. The number of ether oxygens (including phenoxy) is 3. The Balaban J connectivity index is 2.25. The number of amides is 1. The van der Waals surface area contributed by atoms with Crippen molar-refractivity contribution in [3.63, 3.8) is 0 Å². The molecule has 12 heteroatoms. The minimum Gasteiger partial charge on any atom is -0.447 e. The van der Waals surface area contributed by atoms with Crippen molar-refractivity contribution in [2.24, 2.45) is 0 Å². The molecule has 2 rings (SSSR count). The van der Waals surface area contributed by atoms with Crippen molar-refractivity contribution in [3.8, 4) is 12.3 Å². The number of terminal acetylenes is 1. The molecule has 3 atom stereocenters. The molecule has 0 radical (unpaired) electrons. The summed E-state index contributed by atoms with van der Waals surface area (Å²) >= 11 is 0. The first-order chi connectivity index (χ1) is 13.6. The first kappa shape index (κ1) is 22.5. The van der Waals surface area contributed by atoms with Crippen LogP contribution >= 0.6 is 0 Å². The topological polar surface area (TPSA) is 103 Å². The fraction of sp³-hybridized carbons (Fsp3) is 0.588. The molecule has 1 fully saturated rings. The molecule has 1 amide bonds. The molecule has 0 bridgehead atoms. The SMILES string of the molecule is C#CCO[C@H]1C[C@H](n2cc(C(F)(F)F)c(=O)[nH]c2=O)O[C@@H]1COC(=O)N(C)CC. The highest BCUT2D eigenvalue weighted by Crippen LogP contribution is 2.32. The summed E-state index contributed by atoms with van der Waals surface area (Å²) < 4.78 is 55.7. The molecular formula is C17H20F3N3O6. The van der Waals surface area contributed by atoms with Crippen molar-refractivity contribution >= 4 is 6.09 Å². The first-order valence-corrected chi connectivity index (χ1v) is 8.59. The lowest BCUT2D eigenvalue weighted by Gasteiger charge is -2.20. The Bertz CT molecular complexity index is 888. The fourth-order valence-corrected chi connectivity index (χ4v) is 2.65. The molecule has 0 unspecified atom stereocenters. The molecule has 160 valence electrons. The Morgan fingerprint density at radius 3 is 2.76 bits per heavy atom. The predicted octanol–water partition coefficient (Wildman–Crippen LogP) is 0.950. The quantitative estimate of drug-likeness (QED) is 0.689. The summed E-state index contributed by atoms with van der Waals surface area (Å²) in [6.07, 6.45) is -2.89. The first-order valence-electron chi connectivity index (χ1n) is 8.59. The van der Waals surface area contributed by atoms with Gasteiger partial charge in [0.1, 0.15) is 31.1 Å². The molecule has 0 saturated carbocycles. The standard InChI is InChI=1S/C17H20F3N3O6/c1-4-6-27-11-7-13(29-12(11)9-28-16(26)22(3)5-2)23-8-10(17(18,19)20)14(24)21-15(23)25/h1,8,11-13H,5-7,9H2,2-3H3,(H,21,24,25)/t11-,12+,13+/m0/s1. The zero-order valence-electron chi connectivity index (χ0n) is 15.7. The van der Waals surface area contributed by atoms with Gasteiger partial charge in [0.05, 0.1) is 6.10 Å². The van der Waals surface area contributed by atoms with Crippen molar-refractivity contribution in [3.05, 3.63) is 32.6 Å². The zero-order valence-corrected chi connectivity index (χ0v) is 15.7. The summed E-state index contributed by atoms with van der Waals surface area (Å²) in [4.78, 5) is 38.2. The molecular weight excluding hydrogens is 399 g/mol. The molecule has 9 nitrogen and oxygen atoms in total. The fourth-order valence-electron chi connectivity index (χ4n) is 2.65. The monoisotopic (exact) mass is 419 g/mol. The van der Waals surface area contributed by atoms with Crippen LogP contribution in [0.4, 0.5) is 18.0 Å². The highest BCUT2D eigenvalue weighted by Gasteiger charge is 2.40. The number of nitrogens with one attached hydrogen (secondary N) is 1. The number of halogens is 3. The van der Waals surface area contributed by atoms with Crippen molar-refractivity contribution < 1.29 is 32.2 Å². The van der Waals surface area contributed by atoms with Crippen molar-refractivity contribution in [1.82, 2.24) is 14.5 Å². The van der Waals surface area contributed by atoms with Crippen LogP contribution in [-0.4, -0.2) is 59.6 Å². The summed E-state index contributed by atoms with van der Waals surface area (Å²) in [6.45, 7) is 1.76. The number of aromatic amines is 1. The van der Waals surface area contributed by atoms with Crippen LogP contribution in [0.3, 0.4) is 0 Å². The van der Waals surface area contributed by atoms with E-state index >= 15 is 0 Å². The van der Waals surface area contributed by atoms with E-state index in [-0.39, 0.29) is 19.6 Å². The van der Waals surface area contributed by atoms with Gasteiger partial charge in [-0.2, -0.15) is 13.2 Å². The predicted molar refractivity (Wildman–Crippen MR) is 93.1 cm³/mol. The van der Waals surface area contributed by atoms with Crippen LogP contribution in [0.15, 0.2) is 15.8 Å². The Morgan fingerprint density at radius 1 is 1.48 bits per heavy atom. The largest absolute Gasteiger partial charge is 0.447 e. The number of rotatable bonds is 6. The normalized spacial score (nSPS) is 21.6. The third-order valence-corrected chi connectivity index (χ3v) is 4.30. The van der Waals surface area contributed by atoms with Crippen molar-refractivity contribution in [1.29, 1.82) is 0 Å². The Morgan fingerprint density at radius 2 is 2.17 bits per heavy atom. The van der Waals surface area contributed by atoms with Gasteiger partial charge < -0.3 is 19.1 Å². The number of hydrogen-bond acceptors (Lipinski definition) is 6. The molecule has 1 saturated heterocycles. The second-order valence-corrected chi connectivity index (χ2v) is 6.22. The number of H-pyrrole nitrogens is 1. The minimum atomic E-state index is -4.96. The van der Waals surface area contributed by atoms with Gasteiger partial charge in [0.2, 0.25) is 0 Å². The van der Waals surface area contributed by atoms with Crippen LogP contribution in [0, 0.1) is 12.3 Å². The third kappa shape index (κ3) is 5.39. The lowest BCUT2D eigenvalue weighted by molar-refractivity contribution is -0.139. The van der Waals surface area contributed by atoms with Gasteiger partial charge in [0.15, 0.2) is 0 Å². The third-order valence-electron chi connectivity index (χ3n) is 4.30. The molecule has 1 aliphatic heterocycles. The zero-order chi connectivity index (χ0) is 21.8. The maximum absolute atomic E-state index is 13.0. The van der Waals surface area contributed by atoms with Crippen LogP contribution < -0.4 is 11.2 Å². The van der Waals surface area contributed by atoms with Gasteiger partial charge in [-0.3, -0.25) is 14.3 Å². The molecule has 0 aliphatic carbocycles. The smallest absolute Gasteiger partial charge is 0.423 e. The highest BCUT2D eigenvalue weighted by atomic mass is 19.4. The second-order valence-electron chi connectivity index (χ2n) is 6.22. The maximum Gasteiger partial charge on any atom is 0.423 e. The second kappa shape index (κ2) is 9.15. The van der Waals surface area contributed by atoms with Crippen LogP contribution in [0.1, 0.15) is 25.1 Å². The van der Waals surface area contributed by atoms with Gasteiger partial charge in [-0.15, -0.1) is 6.42 Å². The summed E-state index contributed by atoms with van der Waals surface area (Å²) in [5.74, 6) is 2.25. The van der Waals surface area contributed by atoms with E-state index in [0.29, 0.717) is 17.3 Å². The Kier molecular flexibility index (Phi) is 7.10. The van der Waals surface area contributed by atoms with Crippen LogP contribution in [0.25, 0.3) is 0 Å². The van der Waals surface area contributed by atoms with Crippen LogP contribution in [0.2, 0.25) is 0 Å². The summed E-state index contributed by atoms with van der Waals surface area (Å²) in [5.41, 5.74) is -4.17. The van der Waals surface area contributed by atoms with E-state index in [1.165, 1.54) is 11.9 Å². The van der Waals surface area contributed by atoms with E-state index in [2.05, 4.69) is 5.92 Å². The van der Waals surface area contributed by atoms with E-state index in [4.69, 9.17) is 20.6 Å². The Hall–Kier alpha value is -2.78. The molecule has 0 spiro atoms. The van der Waals surface area contributed by atoms with E-state index in [1.807, 2.05) is 0 Å². The summed E-state index contributed by atoms with van der Waals surface area (Å²) in [5, 5.41) is 0. The summed E-state index contributed by atoms with van der Waals surface area (Å²) in [6, 6.07) is 0. The number of carbonyl (C=O) groups excluding carboxylic acids is 1. The number of alkyl halides is 3. The van der Waals surface area contributed by atoms with Crippen molar-refractivity contribution in [2.45, 2.75) is 38.0 Å². The maximum atomic E-state index is 13.0. The van der Waals surface area contributed by atoms with Crippen LogP contribution in [-0.2, 0) is 20.4 Å². The molecule has 1 aromatic heterocycles. The highest BCUT2D eigenvalue weighted by molar-refractivity contribution is 5.67. The van der Waals surface area contributed by atoms with Gasteiger partial charge in [0.25, 0.3) is 5.56 Å². The lowest BCUT2D eigenvalue weighted by Crippen LogP contribution is -2.36. The molecule has 0 aromatic carbocycles. The number of nitrogens with zero attached hydrogens (tertiary/aromatic N) is 2. The van der Waals surface area contributed by atoms with E-state index in [1.54, 1.807) is 11.9 Å². The average Bonchev–Trinajstić information content (AvgIpc) is 3.05. The van der Waals surface area contributed by atoms with Gasteiger partial charge >= 0.3 is 18.0 Å². The molecule has 29 heavy (non-hydrogen) atoms. The lowest BCUT2D eigenvalue weighted by atomic mass is 10.2. The molecule has 1 aliphatic rings. The van der Waals surface area contributed by atoms with Crippen LogP contribution in [0.5, 0.6) is 0 Å². The number of aromatic nitrogens is 2. The number of carbonyl (C=O) groups is 1. The Labute approximate surface area is 163 Å². The molecule has 2 heterocycles. The molecule has 1 aromatic rings. The van der Waals surface area contributed by atoms with Crippen molar-refractivity contribution in [2.75, 3.05) is 26.8 Å².